The Morgan fingerprint density at radius 2 is 2.10 bits per heavy atom. The van der Waals surface area contributed by atoms with Crippen LogP contribution in [-0.2, 0) is 4.74 Å². The van der Waals surface area contributed by atoms with Crippen molar-refractivity contribution in [3.8, 4) is 0 Å². The van der Waals surface area contributed by atoms with Gasteiger partial charge in [-0.1, -0.05) is 0 Å². The van der Waals surface area contributed by atoms with Gasteiger partial charge in [0.1, 0.15) is 11.6 Å². The van der Waals surface area contributed by atoms with Crippen LogP contribution in [0.25, 0.3) is 0 Å². The molecule has 0 unspecified atom stereocenters. The number of amides is 1. The zero-order chi connectivity index (χ0) is 15.1. The van der Waals surface area contributed by atoms with Crippen molar-refractivity contribution in [2.45, 2.75) is 25.4 Å². The fraction of sp³-hybridized carbons (Fsp3) is 0.533. The molecule has 0 radical (unpaired) electrons. The predicted molar refractivity (Wildman–Crippen MR) is 75.2 cm³/mol. The van der Waals surface area contributed by atoms with E-state index in [2.05, 4.69) is 10.6 Å². The van der Waals surface area contributed by atoms with E-state index < -0.39 is 17.5 Å². The van der Waals surface area contributed by atoms with Crippen LogP contribution in [0.5, 0.6) is 0 Å². The van der Waals surface area contributed by atoms with E-state index in [1.54, 1.807) is 0 Å². The zero-order valence-corrected chi connectivity index (χ0v) is 11.8. The SMILES string of the molecule is O=C(NCCCOC1CCNCC1)c1cc(F)ccc1F. The van der Waals surface area contributed by atoms with E-state index in [-0.39, 0.29) is 11.7 Å². The molecule has 21 heavy (non-hydrogen) atoms. The molecule has 1 saturated heterocycles. The standard InChI is InChI=1S/C15H20F2N2O2/c16-11-2-3-14(17)13(10-11)15(20)19-6-1-9-21-12-4-7-18-8-5-12/h2-3,10,12,18H,1,4-9H2,(H,19,20). The Morgan fingerprint density at radius 3 is 2.86 bits per heavy atom. The molecule has 2 N–H and O–H groups in total. The first-order chi connectivity index (χ1) is 10.2. The Kier molecular flexibility index (Phi) is 6.07. The van der Waals surface area contributed by atoms with E-state index in [9.17, 15) is 13.6 Å². The lowest BCUT2D eigenvalue weighted by Crippen LogP contribution is -2.33. The van der Waals surface area contributed by atoms with E-state index in [1.807, 2.05) is 0 Å². The van der Waals surface area contributed by atoms with Crippen LogP contribution < -0.4 is 10.6 Å². The van der Waals surface area contributed by atoms with Crippen molar-refractivity contribution < 1.29 is 18.3 Å². The molecule has 1 heterocycles. The average Bonchev–Trinajstić information content (AvgIpc) is 2.50. The number of hydrogen-bond acceptors (Lipinski definition) is 3. The van der Waals surface area contributed by atoms with Crippen molar-refractivity contribution in [3.63, 3.8) is 0 Å². The molecule has 0 bridgehead atoms. The van der Waals surface area contributed by atoms with Gasteiger partial charge < -0.3 is 15.4 Å². The minimum Gasteiger partial charge on any atom is -0.378 e. The second-order valence-electron chi connectivity index (χ2n) is 5.05. The highest BCUT2D eigenvalue weighted by molar-refractivity contribution is 5.94. The maximum atomic E-state index is 13.4. The molecule has 6 heteroatoms. The Morgan fingerprint density at radius 1 is 1.33 bits per heavy atom. The van der Waals surface area contributed by atoms with Crippen LogP contribution in [0.15, 0.2) is 18.2 Å². The van der Waals surface area contributed by atoms with Crippen molar-refractivity contribution in [2.24, 2.45) is 0 Å². The summed E-state index contributed by atoms with van der Waals surface area (Å²) in [6.07, 6.45) is 2.93. The lowest BCUT2D eigenvalue weighted by Gasteiger charge is -2.22. The highest BCUT2D eigenvalue weighted by Crippen LogP contribution is 2.10. The third-order valence-electron chi connectivity index (χ3n) is 3.42. The molecular weight excluding hydrogens is 278 g/mol. The lowest BCUT2D eigenvalue weighted by molar-refractivity contribution is 0.0317. The molecule has 1 aromatic carbocycles. The van der Waals surface area contributed by atoms with Crippen LogP contribution >= 0.6 is 0 Å². The number of carbonyl (C=O) groups excluding carboxylic acids is 1. The number of benzene rings is 1. The molecular formula is C15H20F2N2O2. The maximum absolute atomic E-state index is 13.4. The van der Waals surface area contributed by atoms with Gasteiger partial charge in [-0.2, -0.15) is 0 Å². The summed E-state index contributed by atoms with van der Waals surface area (Å²) in [4.78, 5) is 11.7. The second kappa shape index (κ2) is 8.05. The fourth-order valence-corrected chi connectivity index (χ4v) is 2.25. The second-order valence-corrected chi connectivity index (χ2v) is 5.05. The highest BCUT2D eigenvalue weighted by atomic mass is 19.1. The van der Waals surface area contributed by atoms with Gasteiger partial charge in [0.05, 0.1) is 11.7 Å². The predicted octanol–water partition coefficient (Wildman–Crippen LogP) is 1.85. The van der Waals surface area contributed by atoms with Crippen molar-refractivity contribution >= 4 is 5.91 Å². The van der Waals surface area contributed by atoms with E-state index in [0.717, 1.165) is 44.1 Å². The van der Waals surface area contributed by atoms with Crippen LogP contribution in [0.4, 0.5) is 8.78 Å². The average molecular weight is 298 g/mol. The topological polar surface area (TPSA) is 50.4 Å². The van der Waals surface area contributed by atoms with E-state index in [0.29, 0.717) is 19.6 Å². The Balaban J connectivity index is 1.66. The lowest BCUT2D eigenvalue weighted by atomic mass is 10.1. The summed E-state index contributed by atoms with van der Waals surface area (Å²) in [7, 11) is 0. The third-order valence-corrected chi connectivity index (χ3v) is 3.42. The normalized spacial score (nSPS) is 15.9. The fourth-order valence-electron chi connectivity index (χ4n) is 2.25. The number of halogens is 2. The van der Waals surface area contributed by atoms with Gasteiger partial charge >= 0.3 is 0 Å². The number of carbonyl (C=O) groups is 1. The molecule has 0 aliphatic carbocycles. The van der Waals surface area contributed by atoms with E-state index in [1.165, 1.54) is 0 Å². The van der Waals surface area contributed by atoms with E-state index in [4.69, 9.17) is 4.74 Å². The summed E-state index contributed by atoms with van der Waals surface area (Å²) < 4.78 is 32.1. The molecule has 0 spiro atoms. The van der Waals surface area contributed by atoms with Gasteiger partial charge in [0.25, 0.3) is 5.91 Å². The Hall–Kier alpha value is -1.53. The van der Waals surface area contributed by atoms with Crippen LogP contribution in [0.2, 0.25) is 0 Å². The summed E-state index contributed by atoms with van der Waals surface area (Å²) in [5, 5.41) is 5.82. The van der Waals surface area contributed by atoms with Gasteiger partial charge in [-0.25, -0.2) is 8.78 Å². The summed E-state index contributed by atoms with van der Waals surface area (Å²) in [6.45, 7) is 2.87. The number of nitrogens with one attached hydrogen (secondary N) is 2. The third kappa shape index (κ3) is 5.06. The first kappa shape index (κ1) is 15.9. The molecule has 1 aliphatic rings. The smallest absolute Gasteiger partial charge is 0.254 e. The summed E-state index contributed by atoms with van der Waals surface area (Å²) >= 11 is 0. The van der Waals surface area contributed by atoms with Crippen LogP contribution in [0.3, 0.4) is 0 Å². The summed E-state index contributed by atoms with van der Waals surface area (Å²) in [5.74, 6) is -1.95. The van der Waals surface area contributed by atoms with Gasteiger partial charge in [-0.3, -0.25) is 4.79 Å². The number of piperidine rings is 1. The number of rotatable bonds is 6. The largest absolute Gasteiger partial charge is 0.378 e. The quantitative estimate of drug-likeness (QED) is 0.788. The van der Waals surface area contributed by atoms with Crippen LogP contribution in [0, 0.1) is 11.6 Å². The van der Waals surface area contributed by atoms with Gasteiger partial charge in [0.2, 0.25) is 0 Å². The molecule has 0 atom stereocenters. The molecule has 116 valence electrons. The molecule has 1 amide bonds. The maximum Gasteiger partial charge on any atom is 0.254 e. The van der Waals surface area contributed by atoms with Gasteiger partial charge in [0, 0.05) is 13.2 Å². The first-order valence-electron chi connectivity index (χ1n) is 7.22. The van der Waals surface area contributed by atoms with Crippen molar-refractivity contribution in [3.05, 3.63) is 35.4 Å². The summed E-state index contributed by atoms with van der Waals surface area (Å²) in [6, 6.07) is 2.83. The molecule has 2 rings (SSSR count). The van der Waals surface area contributed by atoms with Crippen LogP contribution in [0.1, 0.15) is 29.6 Å². The van der Waals surface area contributed by atoms with Crippen molar-refractivity contribution in [1.82, 2.24) is 10.6 Å². The van der Waals surface area contributed by atoms with Crippen LogP contribution in [-0.4, -0.2) is 38.3 Å². The Labute approximate surface area is 122 Å². The van der Waals surface area contributed by atoms with Gasteiger partial charge in [0.15, 0.2) is 0 Å². The summed E-state index contributed by atoms with van der Waals surface area (Å²) in [5.41, 5.74) is -0.269. The van der Waals surface area contributed by atoms with Gasteiger partial charge in [-0.15, -0.1) is 0 Å². The zero-order valence-electron chi connectivity index (χ0n) is 11.8. The molecule has 1 aliphatic heterocycles. The highest BCUT2D eigenvalue weighted by Gasteiger charge is 2.14. The monoisotopic (exact) mass is 298 g/mol. The minimum atomic E-state index is -0.722. The van der Waals surface area contributed by atoms with Crippen molar-refractivity contribution in [2.75, 3.05) is 26.2 Å². The number of ether oxygens (including phenoxy) is 1. The first-order valence-corrected chi connectivity index (χ1v) is 7.22. The minimum absolute atomic E-state index is 0.269. The molecule has 0 saturated carbocycles. The molecule has 0 aromatic heterocycles. The number of hydrogen-bond donors (Lipinski definition) is 2. The van der Waals surface area contributed by atoms with Crippen molar-refractivity contribution in [1.29, 1.82) is 0 Å². The van der Waals surface area contributed by atoms with Gasteiger partial charge in [-0.05, 0) is 50.6 Å². The molecule has 4 nitrogen and oxygen atoms in total. The Bertz CT molecular complexity index is 477. The molecule has 1 aromatic rings. The van der Waals surface area contributed by atoms with E-state index >= 15 is 0 Å². The molecule has 1 fully saturated rings.